The number of carbonyl (C=O) groups is 1. The summed E-state index contributed by atoms with van der Waals surface area (Å²) in [7, 11) is 0. The molecule has 4 heterocycles. The van der Waals surface area contributed by atoms with Gasteiger partial charge in [0.1, 0.15) is 41.0 Å². The molecule has 47 heavy (non-hydrogen) atoms. The van der Waals surface area contributed by atoms with Gasteiger partial charge in [-0.25, -0.2) is 23.4 Å². The zero-order valence-electron chi connectivity index (χ0n) is 25.9. The van der Waals surface area contributed by atoms with Gasteiger partial charge in [0.2, 0.25) is 5.82 Å². The van der Waals surface area contributed by atoms with Crippen LogP contribution in [-0.4, -0.2) is 79.9 Å². The van der Waals surface area contributed by atoms with Crippen molar-refractivity contribution in [1.29, 1.82) is 5.26 Å². The standard InChI is InChI=1S/C33H33F3N8O3/c1-33(2,42-11-13-46-14-12-42)16-20(17-37)32(45)43-10-4-5-21(43)18-44-31-27(30(38)39-19-40-31)29(41-44)23-9-8-22(15-25(23)35)47-26-7-3-6-24(34)28(26)36/h3,6-9,15-16,19,21H,4-5,10-14,18H2,1-2H3,(H2,38,39,40)/t21-/m0/s1. The first-order chi connectivity index (χ1) is 22.6. The molecule has 1 amide bonds. The molecule has 0 aliphatic carbocycles. The van der Waals surface area contributed by atoms with Crippen LogP contribution in [0, 0.1) is 28.8 Å². The van der Waals surface area contributed by atoms with Crippen LogP contribution in [0.2, 0.25) is 0 Å². The minimum atomic E-state index is -1.19. The predicted octanol–water partition coefficient (Wildman–Crippen LogP) is 4.84. The number of anilines is 1. The summed E-state index contributed by atoms with van der Waals surface area (Å²) in [5.74, 6) is -3.76. The Labute approximate surface area is 269 Å². The Hall–Kier alpha value is -5.00. The number of fused-ring (bicyclic) bond motifs is 1. The number of nitrogens with two attached hydrogens (primary N) is 1. The van der Waals surface area contributed by atoms with E-state index in [1.54, 1.807) is 15.7 Å². The molecule has 2 N–H and O–H groups in total. The van der Waals surface area contributed by atoms with Crippen LogP contribution in [0.5, 0.6) is 11.5 Å². The van der Waals surface area contributed by atoms with E-state index >= 15 is 4.39 Å². The zero-order valence-corrected chi connectivity index (χ0v) is 25.9. The van der Waals surface area contributed by atoms with Crippen LogP contribution in [0.1, 0.15) is 26.7 Å². The number of halogens is 3. The summed E-state index contributed by atoms with van der Waals surface area (Å²) in [6.07, 6.45) is 4.39. The van der Waals surface area contributed by atoms with Gasteiger partial charge in [-0.2, -0.15) is 14.8 Å². The van der Waals surface area contributed by atoms with Gasteiger partial charge < -0.3 is 20.1 Å². The maximum Gasteiger partial charge on any atom is 0.264 e. The van der Waals surface area contributed by atoms with Gasteiger partial charge in [0.15, 0.2) is 17.2 Å². The number of ether oxygens (including phenoxy) is 2. The Morgan fingerprint density at radius 2 is 1.94 bits per heavy atom. The fourth-order valence-electron chi connectivity index (χ4n) is 6.16. The van der Waals surface area contributed by atoms with Gasteiger partial charge >= 0.3 is 0 Å². The molecule has 1 atom stereocenters. The number of rotatable bonds is 8. The molecule has 2 aromatic carbocycles. The lowest BCUT2D eigenvalue weighted by Gasteiger charge is -2.39. The Bertz CT molecular complexity index is 1900. The number of carbonyl (C=O) groups excluding carboxylic acids is 1. The largest absolute Gasteiger partial charge is 0.454 e. The smallest absolute Gasteiger partial charge is 0.264 e. The first-order valence-electron chi connectivity index (χ1n) is 15.2. The molecule has 0 radical (unpaired) electrons. The lowest BCUT2D eigenvalue weighted by Crippen LogP contribution is -2.49. The zero-order chi connectivity index (χ0) is 33.3. The molecule has 4 aromatic rings. The number of hydrogen-bond acceptors (Lipinski definition) is 9. The van der Waals surface area contributed by atoms with E-state index in [2.05, 4.69) is 26.0 Å². The average Bonchev–Trinajstić information content (AvgIpc) is 3.68. The Balaban J connectivity index is 1.28. The Kier molecular flexibility index (Phi) is 8.85. The second-order valence-corrected chi connectivity index (χ2v) is 12.0. The monoisotopic (exact) mass is 646 g/mol. The summed E-state index contributed by atoms with van der Waals surface area (Å²) in [5.41, 5.74) is 6.34. The van der Waals surface area contributed by atoms with E-state index < -0.39 is 23.0 Å². The third kappa shape index (κ3) is 6.36. The van der Waals surface area contributed by atoms with Crippen molar-refractivity contribution in [2.75, 3.05) is 38.6 Å². The number of nitrogen functional groups attached to an aromatic ring is 1. The third-order valence-electron chi connectivity index (χ3n) is 8.59. The number of morpholine rings is 1. The highest BCUT2D eigenvalue weighted by atomic mass is 19.2. The number of benzene rings is 2. The molecule has 244 valence electrons. The first-order valence-corrected chi connectivity index (χ1v) is 15.2. The topological polar surface area (TPSA) is 135 Å². The van der Waals surface area contributed by atoms with Crippen LogP contribution < -0.4 is 10.5 Å². The van der Waals surface area contributed by atoms with E-state index in [-0.39, 0.29) is 52.6 Å². The molecule has 0 bridgehead atoms. The average molecular weight is 647 g/mol. The number of aromatic nitrogens is 4. The minimum absolute atomic E-state index is 0.0537. The van der Waals surface area contributed by atoms with Crippen molar-refractivity contribution in [3.63, 3.8) is 0 Å². The van der Waals surface area contributed by atoms with Crippen LogP contribution in [0.15, 0.2) is 54.4 Å². The van der Waals surface area contributed by atoms with E-state index in [9.17, 15) is 18.8 Å². The number of nitrogens with zero attached hydrogens (tertiary/aromatic N) is 7. The van der Waals surface area contributed by atoms with E-state index in [1.807, 2.05) is 13.8 Å². The molecule has 11 nitrogen and oxygen atoms in total. The van der Waals surface area contributed by atoms with E-state index in [0.717, 1.165) is 18.6 Å². The van der Waals surface area contributed by atoms with Crippen LogP contribution in [0.25, 0.3) is 22.3 Å². The lowest BCUT2D eigenvalue weighted by atomic mass is 9.97. The van der Waals surface area contributed by atoms with Gasteiger partial charge in [-0.15, -0.1) is 0 Å². The van der Waals surface area contributed by atoms with Gasteiger partial charge in [0, 0.05) is 36.8 Å². The van der Waals surface area contributed by atoms with Gasteiger partial charge in [-0.3, -0.25) is 9.69 Å². The van der Waals surface area contributed by atoms with Crippen LogP contribution >= 0.6 is 0 Å². The first kappa shape index (κ1) is 32.0. The molecule has 2 saturated heterocycles. The van der Waals surface area contributed by atoms with Crippen molar-refractivity contribution in [3.05, 3.63) is 71.8 Å². The van der Waals surface area contributed by atoms with E-state index in [4.69, 9.17) is 15.2 Å². The highest BCUT2D eigenvalue weighted by molar-refractivity contribution is 5.99. The van der Waals surface area contributed by atoms with Gasteiger partial charge in [-0.05, 0) is 57.0 Å². The van der Waals surface area contributed by atoms with Gasteiger partial charge in [0.05, 0.1) is 31.2 Å². The second kappa shape index (κ2) is 13.0. The van der Waals surface area contributed by atoms with Crippen molar-refractivity contribution < 1.29 is 27.4 Å². The van der Waals surface area contributed by atoms with Crippen molar-refractivity contribution in [2.24, 2.45) is 0 Å². The van der Waals surface area contributed by atoms with Crippen LogP contribution in [-0.2, 0) is 16.1 Å². The fourth-order valence-corrected chi connectivity index (χ4v) is 6.16. The van der Waals surface area contributed by atoms with Gasteiger partial charge in [-0.1, -0.05) is 6.07 Å². The molecule has 2 aliphatic heterocycles. The lowest BCUT2D eigenvalue weighted by molar-refractivity contribution is -0.127. The number of hydrogen-bond donors (Lipinski definition) is 1. The SMILES string of the molecule is CC(C)(C=C(C#N)C(=O)N1CCC[C@H]1Cn1nc(-c2ccc(Oc3cccc(F)c3F)cc2F)c2c(N)ncnc21)N1CCOCC1. The summed E-state index contributed by atoms with van der Waals surface area (Å²) < 4.78 is 55.8. The molecule has 6 rings (SSSR count). The van der Waals surface area contributed by atoms with Crippen molar-refractivity contribution in [1.82, 2.24) is 29.5 Å². The third-order valence-corrected chi connectivity index (χ3v) is 8.59. The summed E-state index contributed by atoms with van der Waals surface area (Å²) in [6, 6.07) is 9.09. The molecular formula is C33H33F3N8O3. The second-order valence-electron chi connectivity index (χ2n) is 12.0. The quantitative estimate of drug-likeness (QED) is 0.211. The normalized spacial score (nSPS) is 17.7. The predicted molar refractivity (Wildman–Crippen MR) is 166 cm³/mol. The highest BCUT2D eigenvalue weighted by Crippen LogP contribution is 2.35. The van der Waals surface area contributed by atoms with Crippen LogP contribution in [0.3, 0.4) is 0 Å². The summed E-state index contributed by atoms with van der Waals surface area (Å²) in [6.45, 7) is 7.21. The van der Waals surface area contributed by atoms with E-state index in [0.29, 0.717) is 50.3 Å². The molecule has 2 fully saturated rings. The number of likely N-dealkylation sites (tertiary alicyclic amines) is 1. The fraction of sp³-hybridized carbons (Fsp3) is 0.364. The number of amides is 1. The number of nitriles is 1. The van der Waals surface area contributed by atoms with Crippen LogP contribution in [0.4, 0.5) is 19.0 Å². The molecule has 14 heteroatoms. The molecule has 0 saturated carbocycles. The minimum Gasteiger partial charge on any atom is -0.454 e. The summed E-state index contributed by atoms with van der Waals surface area (Å²) in [4.78, 5) is 26.1. The maximum atomic E-state index is 15.6. The Morgan fingerprint density at radius 3 is 2.68 bits per heavy atom. The summed E-state index contributed by atoms with van der Waals surface area (Å²) >= 11 is 0. The molecular weight excluding hydrogens is 613 g/mol. The molecule has 2 aliphatic rings. The molecule has 0 spiro atoms. The van der Waals surface area contributed by atoms with Gasteiger partial charge in [0.25, 0.3) is 5.91 Å². The molecule has 0 unspecified atom stereocenters. The van der Waals surface area contributed by atoms with Crippen molar-refractivity contribution >= 4 is 22.8 Å². The highest BCUT2D eigenvalue weighted by Gasteiger charge is 2.34. The molecule has 2 aromatic heterocycles. The Morgan fingerprint density at radius 1 is 1.15 bits per heavy atom. The summed E-state index contributed by atoms with van der Waals surface area (Å²) in [5, 5.41) is 15.0. The van der Waals surface area contributed by atoms with E-state index in [1.165, 1.54) is 30.6 Å². The maximum absolute atomic E-state index is 15.6. The van der Waals surface area contributed by atoms with Crippen molar-refractivity contribution in [3.8, 4) is 28.8 Å². The van der Waals surface area contributed by atoms with Crippen molar-refractivity contribution in [2.45, 2.75) is 44.8 Å².